The summed E-state index contributed by atoms with van der Waals surface area (Å²) in [6.07, 6.45) is 1.52. The molecule has 6 nitrogen and oxygen atoms in total. The zero-order valence-corrected chi connectivity index (χ0v) is 9.62. The average molecular weight is 235 g/mol. The molecule has 90 valence electrons. The van der Waals surface area contributed by atoms with Crippen molar-refractivity contribution in [2.75, 3.05) is 14.2 Å². The quantitative estimate of drug-likeness (QED) is 0.848. The van der Waals surface area contributed by atoms with Crippen molar-refractivity contribution in [3.8, 4) is 17.2 Å². The Labute approximate surface area is 98.4 Å². The summed E-state index contributed by atoms with van der Waals surface area (Å²) in [4.78, 5) is 0. The molecule has 1 heterocycles. The Bertz CT molecular complexity index is 510. The van der Waals surface area contributed by atoms with Crippen molar-refractivity contribution in [1.29, 1.82) is 0 Å². The predicted molar refractivity (Wildman–Crippen MR) is 60.4 cm³/mol. The van der Waals surface area contributed by atoms with Crippen LogP contribution in [0.25, 0.3) is 5.69 Å². The minimum absolute atomic E-state index is 0.194. The summed E-state index contributed by atoms with van der Waals surface area (Å²) in [5.41, 5.74) is 0.723. The molecule has 1 N–H and O–H groups in total. The van der Waals surface area contributed by atoms with Crippen molar-refractivity contribution >= 4 is 0 Å². The van der Waals surface area contributed by atoms with Crippen LogP contribution >= 0.6 is 0 Å². The Hall–Kier alpha value is -2.08. The van der Waals surface area contributed by atoms with Crippen LogP contribution in [0.15, 0.2) is 24.5 Å². The van der Waals surface area contributed by atoms with Crippen molar-refractivity contribution in [2.24, 2.45) is 0 Å². The second kappa shape index (κ2) is 4.84. The molecule has 0 saturated carbocycles. The number of hydrogen-bond donors (Lipinski definition) is 1. The molecule has 0 spiro atoms. The lowest BCUT2D eigenvalue weighted by Gasteiger charge is -2.11. The monoisotopic (exact) mass is 235 g/mol. The smallest absolute Gasteiger partial charge is 0.163 e. The molecular weight excluding hydrogens is 222 g/mol. The summed E-state index contributed by atoms with van der Waals surface area (Å²) >= 11 is 0. The second-order valence-corrected chi connectivity index (χ2v) is 3.31. The Morgan fingerprint density at radius 2 is 2.12 bits per heavy atom. The molecule has 2 aromatic rings. The van der Waals surface area contributed by atoms with Crippen LogP contribution in [-0.2, 0) is 6.61 Å². The fourth-order valence-electron chi connectivity index (χ4n) is 1.55. The number of rotatable bonds is 4. The van der Waals surface area contributed by atoms with Crippen molar-refractivity contribution in [2.45, 2.75) is 6.61 Å². The van der Waals surface area contributed by atoms with Crippen molar-refractivity contribution in [3.05, 3.63) is 30.4 Å². The third-order valence-corrected chi connectivity index (χ3v) is 2.41. The maximum Gasteiger partial charge on any atom is 0.163 e. The van der Waals surface area contributed by atoms with Gasteiger partial charge in [-0.2, -0.15) is 0 Å². The van der Waals surface area contributed by atoms with Crippen LogP contribution in [0.5, 0.6) is 11.5 Å². The van der Waals surface area contributed by atoms with E-state index in [4.69, 9.17) is 14.6 Å². The number of ether oxygens (including phenoxy) is 2. The number of aromatic nitrogens is 3. The van der Waals surface area contributed by atoms with E-state index in [1.54, 1.807) is 37.0 Å². The number of aliphatic hydroxyl groups excluding tert-OH is 1. The van der Waals surface area contributed by atoms with Gasteiger partial charge in [-0.25, -0.2) is 0 Å². The molecule has 0 bridgehead atoms. The highest BCUT2D eigenvalue weighted by molar-refractivity contribution is 5.51. The van der Waals surface area contributed by atoms with Gasteiger partial charge in [-0.3, -0.25) is 4.57 Å². The van der Waals surface area contributed by atoms with E-state index in [2.05, 4.69) is 10.2 Å². The Morgan fingerprint density at radius 3 is 2.76 bits per heavy atom. The van der Waals surface area contributed by atoms with Crippen molar-refractivity contribution in [3.63, 3.8) is 0 Å². The molecule has 0 unspecified atom stereocenters. The SMILES string of the molecule is COc1ccc(OC)c(-n2cnnc2CO)c1. The molecule has 0 aliphatic carbocycles. The van der Waals surface area contributed by atoms with Gasteiger partial charge in [-0.05, 0) is 12.1 Å². The lowest BCUT2D eigenvalue weighted by Crippen LogP contribution is -2.02. The standard InChI is InChI=1S/C11H13N3O3/c1-16-8-3-4-10(17-2)9(5-8)14-7-12-13-11(14)6-15/h3-5,7,15H,6H2,1-2H3. The van der Waals surface area contributed by atoms with Crippen molar-refractivity contribution < 1.29 is 14.6 Å². The highest BCUT2D eigenvalue weighted by Crippen LogP contribution is 2.27. The minimum Gasteiger partial charge on any atom is -0.497 e. The third kappa shape index (κ3) is 2.07. The normalized spacial score (nSPS) is 10.3. The highest BCUT2D eigenvalue weighted by Gasteiger charge is 2.11. The number of methoxy groups -OCH3 is 2. The lowest BCUT2D eigenvalue weighted by atomic mass is 10.2. The predicted octanol–water partition coefficient (Wildman–Crippen LogP) is 0.777. The zero-order chi connectivity index (χ0) is 12.3. The first kappa shape index (κ1) is 11.4. The van der Waals surface area contributed by atoms with Gasteiger partial charge in [-0.15, -0.1) is 10.2 Å². The zero-order valence-electron chi connectivity index (χ0n) is 9.62. The lowest BCUT2D eigenvalue weighted by molar-refractivity contribution is 0.268. The molecule has 0 radical (unpaired) electrons. The van der Waals surface area contributed by atoms with Crippen LogP contribution in [-0.4, -0.2) is 34.1 Å². The first-order chi connectivity index (χ1) is 8.30. The molecule has 1 aromatic heterocycles. The average Bonchev–Trinajstić information content (AvgIpc) is 2.86. The van der Waals surface area contributed by atoms with Gasteiger partial charge < -0.3 is 14.6 Å². The van der Waals surface area contributed by atoms with E-state index in [0.717, 1.165) is 5.69 Å². The summed E-state index contributed by atoms with van der Waals surface area (Å²) < 4.78 is 12.1. The van der Waals surface area contributed by atoms with Gasteiger partial charge in [0.05, 0.1) is 19.9 Å². The molecule has 17 heavy (non-hydrogen) atoms. The number of benzene rings is 1. The van der Waals surface area contributed by atoms with Gasteiger partial charge in [-0.1, -0.05) is 0 Å². The number of nitrogens with zero attached hydrogens (tertiary/aromatic N) is 3. The Kier molecular flexibility index (Phi) is 3.24. The first-order valence-electron chi connectivity index (χ1n) is 5.02. The van der Waals surface area contributed by atoms with Crippen LogP contribution in [0.2, 0.25) is 0 Å². The Morgan fingerprint density at radius 1 is 1.29 bits per heavy atom. The van der Waals surface area contributed by atoms with E-state index < -0.39 is 0 Å². The minimum atomic E-state index is -0.194. The molecule has 2 rings (SSSR count). The summed E-state index contributed by atoms with van der Waals surface area (Å²) in [5.74, 6) is 1.79. The fourth-order valence-corrected chi connectivity index (χ4v) is 1.55. The molecule has 0 aliphatic heterocycles. The van der Waals surface area contributed by atoms with E-state index in [1.807, 2.05) is 0 Å². The third-order valence-electron chi connectivity index (χ3n) is 2.41. The van der Waals surface area contributed by atoms with Gasteiger partial charge >= 0.3 is 0 Å². The molecule has 0 aliphatic rings. The van der Waals surface area contributed by atoms with E-state index >= 15 is 0 Å². The maximum atomic E-state index is 9.16. The van der Waals surface area contributed by atoms with Gasteiger partial charge in [0.25, 0.3) is 0 Å². The molecule has 1 aromatic carbocycles. The van der Waals surface area contributed by atoms with E-state index in [9.17, 15) is 0 Å². The second-order valence-electron chi connectivity index (χ2n) is 3.31. The Balaban J connectivity index is 2.56. The van der Waals surface area contributed by atoms with E-state index in [0.29, 0.717) is 17.3 Å². The molecule has 0 saturated heterocycles. The van der Waals surface area contributed by atoms with Crippen LogP contribution in [0, 0.1) is 0 Å². The van der Waals surface area contributed by atoms with Gasteiger partial charge in [0, 0.05) is 6.07 Å². The first-order valence-corrected chi connectivity index (χ1v) is 5.02. The van der Waals surface area contributed by atoms with E-state index in [1.165, 1.54) is 6.33 Å². The van der Waals surface area contributed by atoms with Crippen molar-refractivity contribution in [1.82, 2.24) is 14.8 Å². The summed E-state index contributed by atoms with van der Waals surface area (Å²) in [5, 5.41) is 16.7. The number of hydrogen-bond acceptors (Lipinski definition) is 5. The summed E-state index contributed by atoms with van der Waals surface area (Å²) in [6, 6.07) is 5.38. The summed E-state index contributed by atoms with van der Waals surface area (Å²) in [6.45, 7) is -0.194. The molecule has 6 heteroatoms. The van der Waals surface area contributed by atoms with Gasteiger partial charge in [0.1, 0.15) is 24.4 Å². The van der Waals surface area contributed by atoms with E-state index in [-0.39, 0.29) is 6.61 Å². The van der Waals surface area contributed by atoms with Gasteiger partial charge in [0.2, 0.25) is 0 Å². The molecular formula is C11H13N3O3. The van der Waals surface area contributed by atoms with Crippen LogP contribution in [0.1, 0.15) is 5.82 Å². The summed E-state index contributed by atoms with van der Waals surface area (Å²) in [7, 11) is 3.17. The fraction of sp³-hybridized carbons (Fsp3) is 0.273. The van der Waals surface area contributed by atoms with Crippen LogP contribution < -0.4 is 9.47 Å². The topological polar surface area (TPSA) is 69.4 Å². The van der Waals surface area contributed by atoms with Crippen LogP contribution in [0.4, 0.5) is 0 Å². The van der Waals surface area contributed by atoms with Gasteiger partial charge in [0.15, 0.2) is 5.82 Å². The highest BCUT2D eigenvalue weighted by atomic mass is 16.5. The van der Waals surface area contributed by atoms with Crippen LogP contribution in [0.3, 0.4) is 0 Å². The molecule has 0 fully saturated rings. The molecule has 0 amide bonds. The maximum absolute atomic E-state index is 9.16. The number of aliphatic hydroxyl groups is 1. The molecule has 0 atom stereocenters. The largest absolute Gasteiger partial charge is 0.497 e.